The van der Waals surface area contributed by atoms with Crippen LogP contribution in [0.1, 0.15) is 52.4 Å². The van der Waals surface area contributed by atoms with E-state index < -0.39 is 11.8 Å². The number of nitrogen functional groups attached to an aromatic ring is 2. The predicted octanol–water partition coefficient (Wildman–Crippen LogP) is 2.18. The Morgan fingerprint density at radius 3 is 1.97 bits per heavy atom. The minimum Gasteiger partial charge on any atom is -0.369 e. The van der Waals surface area contributed by atoms with Gasteiger partial charge in [-0.2, -0.15) is 0 Å². The molecule has 5 rings (SSSR count). The Morgan fingerprint density at radius 1 is 0.818 bits per heavy atom. The van der Waals surface area contributed by atoms with E-state index in [2.05, 4.69) is 14.5 Å². The molecule has 170 valence electrons. The highest BCUT2D eigenvalue weighted by Gasteiger charge is 2.26. The van der Waals surface area contributed by atoms with Crippen molar-refractivity contribution in [3.8, 4) is 0 Å². The van der Waals surface area contributed by atoms with E-state index in [0.717, 1.165) is 43.3 Å². The Morgan fingerprint density at radius 2 is 1.36 bits per heavy atom. The minimum absolute atomic E-state index is 0.237. The quantitative estimate of drug-likeness (QED) is 0.365. The summed E-state index contributed by atoms with van der Waals surface area (Å²) in [5.74, 6) is 0.353. The van der Waals surface area contributed by atoms with Gasteiger partial charge in [-0.3, -0.25) is 9.59 Å². The molecular formula is C23H26N8O2. The molecule has 0 saturated heterocycles. The van der Waals surface area contributed by atoms with Crippen LogP contribution in [0, 0.1) is 5.92 Å². The van der Waals surface area contributed by atoms with Crippen molar-refractivity contribution >= 4 is 45.8 Å². The molecule has 1 fully saturated rings. The second kappa shape index (κ2) is 7.80. The first-order valence-electron chi connectivity index (χ1n) is 10.9. The van der Waals surface area contributed by atoms with Gasteiger partial charge in [0.05, 0.1) is 22.1 Å². The Balaban J connectivity index is 1.33. The zero-order chi connectivity index (χ0) is 23.3. The van der Waals surface area contributed by atoms with Crippen LogP contribution >= 0.6 is 0 Å². The van der Waals surface area contributed by atoms with Crippen LogP contribution in [0.5, 0.6) is 0 Å². The molecule has 0 spiro atoms. The van der Waals surface area contributed by atoms with Gasteiger partial charge in [-0.15, -0.1) is 0 Å². The van der Waals surface area contributed by atoms with Gasteiger partial charge in [0.25, 0.3) is 0 Å². The zero-order valence-corrected chi connectivity index (χ0v) is 18.1. The molecule has 0 bridgehead atoms. The van der Waals surface area contributed by atoms with Crippen LogP contribution in [-0.2, 0) is 6.54 Å². The molecule has 8 N–H and O–H groups in total. The molecule has 2 aromatic carbocycles. The van der Waals surface area contributed by atoms with E-state index in [1.54, 1.807) is 24.3 Å². The van der Waals surface area contributed by atoms with Crippen molar-refractivity contribution < 1.29 is 9.59 Å². The van der Waals surface area contributed by atoms with Crippen molar-refractivity contribution in [3.63, 3.8) is 0 Å². The number of anilines is 2. The molecule has 33 heavy (non-hydrogen) atoms. The molecule has 10 nitrogen and oxygen atoms in total. The number of nitrogens with two attached hydrogens (primary N) is 4. The number of amides is 2. The molecule has 0 radical (unpaired) electrons. The first-order valence-corrected chi connectivity index (χ1v) is 10.9. The summed E-state index contributed by atoms with van der Waals surface area (Å²) in [6, 6.07) is 10.7. The summed E-state index contributed by atoms with van der Waals surface area (Å²) in [7, 11) is 0. The van der Waals surface area contributed by atoms with Gasteiger partial charge >= 0.3 is 0 Å². The van der Waals surface area contributed by atoms with E-state index in [9.17, 15) is 9.59 Å². The van der Waals surface area contributed by atoms with E-state index >= 15 is 0 Å². The lowest BCUT2D eigenvalue weighted by Crippen LogP contribution is -2.22. The summed E-state index contributed by atoms with van der Waals surface area (Å²) in [5, 5.41) is 0. The molecule has 0 aliphatic heterocycles. The van der Waals surface area contributed by atoms with Gasteiger partial charge in [0.1, 0.15) is 0 Å². The van der Waals surface area contributed by atoms with Crippen LogP contribution in [0.4, 0.5) is 11.9 Å². The van der Waals surface area contributed by atoms with Crippen LogP contribution in [0.2, 0.25) is 0 Å². The molecule has 1 aliphatic carbocycles. The molecule has 10 heteroatoms. The molecule has 2 heterocycles. The monoisotopic (exact) mass is 446 g/mol. The van der Waals surface area contributed by atoms with E-state index in [0.29, 0.717) is 40.0 Å². The number of primary amides is 2. The van der Waals surface area contributed by atoms with Crippen molar-refractivity contribution in [2.24, 2.45) is 17.4 Å². The fourth-order valence-corrected chi connectivity index (χ4v) is 4.99. The largest absolute Gasteiger partial charge is 0.369 e. The number of nitrogens with zero attached hydrogens (tertiary/aromatic N) is 4. The Kier molecular flexibility index (Phi) is 4.92. The van der Waals surface area contributed by atoms with E-state index in [4.69, 9.17) is 22.9 Å². The molecule has 1 saturated carbocycles. The summed E-state index contributed by atoms with van der Waals surface area (Å²) in [6.45, 7) is 0.757. The Bertz CT molecular complexity index is 1390. The Labute approximate surface area is 189 Å². The molecule has 0 atom stereocenters. The highest BCUT2D eigenvalue weighted by molar-refractivity contribution is 5.97. The smallest absolute Gasteiger partial charge is 0.248 e. The fourth-order valence-electron chi connectivity index (χ4n) is 4.99. The maximum absolute atomic E-state index is 11.5. The van der Waals surface area contributed by atoms with Crippen molar-refractivity contribution in [3.05, 3.63) is 47.5 Å². The van der Waals surface area contributed by atoms with E-state index in [1.165, 1.54) is 0 Å². The average Bonchev–Trinajstić information content (AvgIpc) is 3.28. The SMILES string of the molecule is NC(=O)c1ccc2c(c1)nc(N)n2CC1CCC(n2c(N)nc3cc(C(N)=O)ccc32)CC1. The lowest BCUT2D eigenvalue weighted by molar-refractivity contribution is 0.0992. The van der Waals surface area contributed by atoms with Gasteiger partial charge in [0, 0.05) is 23.7 Å². The molecular weight excluding hydrogens is 420 g/mol. The molecule has 2 amide bonds. The first kappa shape index (κ1) is 20.8. The Hall–Kier alpha value is -4.08. The third kappa shape index (κ3) is 3.63. The second-order valence-electron chi connectivity index (χ2n) is 8.73. The second-order valence-corrected chi connectivity index (χ2v) is 8.73. The zero-order valence-electron chi connectivity index (χ0n) is 18.1. The van der Waals surface area contributed by atoms with Crippen LogP contribution in [0.25, 0.3) is 22.1 Å². The number of imidazole rings is 2. The molecule has 0 unspecified atom stereocenters. The number of carbonyl (C=O) groups is 2. The van der Waals surface area contributed by atoms with Crippen molar-refractivity contribution in [2.75, 3.05) is 11.5 Å². The average molecular weight is 447 g/mol. The number of rotatable bonds is 5. The van der Waals surface area contributed by atoms with Crippen LogP contribution < -0.4 is 22.9 Å². The van der Waals surface area contributed by atoms with Gasteiger partial charge in [-0.05, 0) is 68.0 Å². The normalized spacial score (nSPS) is 18.7. The van der Waals surface area contributed by atoms with Crippen LogP contribution in [-0.4, -0.2) is 30.9 Å². The number of fused-ring (bicyclic) bond motifs is 2. The lowest BCUT2D eigenvalue weighted by atomic mass is 9.85. The van der Waals surface area contributed by atoms with Gasteiger partial charge < -0.3 is 32.1 Å². The number of benzene rings is 2. The summed E-state index contributed by atoms with van der Waals surface area (Å²) < 4.78 is 4.08. The van der Waals surface area contributed by atoms with Gasteiger partial charge in [-0.1, -0.05) is 0 Å². The van der Waals surface area contributed by atoms with Gasteiger partial charge in [0.15, 0.2) is 0 Å². The molecule has 1 aliphatic rings. The fraction of sp³-hybridized carbons (Fsp3) is 0.304. The van der Waals surface area contributed by atoms with Gasteiger partial charge in [0.2, 0.25) is 23.7 Å². The van der Waals surface area contributed by atoms with Gasteiger partial charge in [-0.25, -0.2) is 9.97 Å². The number of carbonyl (C=O) groups excluding carboxylic acids is 2. The van der Waals surface area contributed by atoms with E-state index in [-0.39, 0.29) is 6.04 Å². The van der Waals surface area contributed by atoms with Crippen molar-refractivity contribution in [1.29, 1.82) is 0 Å². The van der Waals surface area contributed by atoms with E-state index in [1.807, 2.05) is 16.7 Å². The standard InChI is InChI=1S/C23H26N8O2/c24-20(32)13-3-7-18-16(9-13)28-22(26)30(18)11-12-1-5-15(6-2-12)31-19-8-4-14(21(25)33)10-17(19)29-23(31)27/h3-4,7-10,12,15H,1-2,5-6,11H2,(H2,24,32)(H2,25,33)(H2,26,28)(H2,27,29). The number of hydrogen-bond donors (Lipinski definition) is 4. The third-order valence-electron chi connectivity index (χ3n) is 6.69. The number of aromatic nitrogens is 4. The summed E-state index contributed by atoms with van der Waals surface area (Å²) in [4.78, 5) is 31.8. The lowest BCUT2D eigenvalue weighted by Gasteiger charge is -2.30. The van der Waals surface area contributed by atoms with Crippen LogP contribution in [0.15, 0.2) is 36.4 Å². The maximum atomic E-state index is 11.5. The first-order chi connectivity index (χ1) is 15.8. The maximum Gasteiger partial charge on any atom is 0.248 e. The summed E-state index contributed by atoms with van der Waals surface area (Å²) >= 11 is 0. The highest BCUT2D eigenvalue weighted by atomic mass is 16.1. The van der Waals surface area contributed by atoms with Crippen LogP contribution in [0.3, 0.4) is 0 Å². The topological polar surface area (TPSA) is 174 Å². The summed E-state index contributed by atoms with van der Waals surface area (Å²) in [5.41, 5.74) is 27.2. The highest BCUT2D eigenvalue weighted by Crippen LogP contribution is 2.37. The third-order valence-corrected chi connectivity index (χ3v) is 6.69. The molecule has 4 aromatic rings. The molecule has 2 aromatic heterocycles. The minimum atomic E-state index is -0.486. The van der Waals surface area contributed by atoms with Crippen molar-refractivity contribution in [2.45, 2.75) is 38.3 Å². The predicted molar refractivity (Wildman–Crippen MR) is 126 cm³/mol. The number of hydrogen-bond acceptors (Lipinski definition) is 6. The summed E-state index contributed by atoms with van der Waals surface area (Å²) in [6.07, 6.45) is 3.91. The van der Waals surface area contributed by atoms with Crippen molar-refractivity contribution in [1.82, 2.24) is 19.1 Å².